The third-order valence-corrected chi connectivity index (χ3v) is 7.52. The number of piperidine rings is 1. The topological polar surface area (TPSA) is 118 Å². The van der Waals surface area contributed by atoms with Crippen molar-refractivity contribution < 1.29 is 27.2 Å². The minimum absolute atomic E-state index is 0.111. The zero-order chi connectivity index (χ0) is 22.2. The molecule has 0 aliphatic carbocycles. The van der Waals surface area contributed by atoms with Crippen LogP contribution in [0.2, 0.25) is 0 Å². The van der Waals surface area contributed by atoms with Crippen LogP contribution in [0.5, 0.6) is 5.75 Å². The molecule has 3 heterocycles. The average molecular weight is 448 g/mol. The van der Waals surface area contributed by atoms with Gasteiger partial charge in [-0.15, -0.1) is 0 Å². The molecule has 1 aromatic heterocycles. The maximum absolute atomic E-state index is 13.3. The summed E-state index contributed by atoms with van der Waals surface area (Å²) in [6.07, 6.45) is 1.21. The number of fused-ring (bicyclic) bond motifs is 1. The monoisotopic (exact) mass is 447 g/mol. The van der Waals surface area contributed by atoms with Gasteiger partial charge < -0.3 is 19.8 Å². The van der Waals surface area contributed by atoms with E-state index in [4.69, 9.17) is 9.15 Å². The van der Waals surface area contributed by atoms with Gasteiger partial charge in [-0.05, 0) is 50.5 Å². The van der Waals surface area contributed by atoms with Crippen molar-refractivity contribution in [3.05, 3.63) is 41.3 Å². The standard InChI is InChI=1S/C21H25N3O6S/c1-13-8-17-18(29-12-20(25)23-17)9-19(13)31(27,28)24-7-3-4-15(11-24)21(26)22-10-16-6-5-14(2)30-16/h5-6,8-9,15H,3-4,7,10-12H2,1-2H3,(H,22,26)(H,23,25)/t15-/m1/s1. The van der Waals surface area contributed by atoms with Crippen molar-refractivity contribution in [2.24, 2.45) is 5.92 Å². The molecule has 0 unspecified atom stereocenters. The van der Waals surface area contributed by atoms with Crippen LogP contribution >= 0.6 is 0 Å². The molecule has 31 heavy (non-hydrogen) atoms. The Morgan fingerprint density at radius 1 is 1.29 bits per heavy atom. The maximum Gasteiger partial charge on any atom is 0.262 e. The summed E-state index contributed by atoms with van der Waals surface area (Å²) in [6, 6.07) is 6.67. The molecule has 0 saturated carbocycles. The highest BCUT2D eigenvalue weighted by molar-refractivity contribution is 7.89. The molecule has 2 amide bonds. The summed E-state index contributed by atoms with van der Waals surface area (Å²) >= 11 is 0. The number of furan rings is 1. The number of amides is 2. The number of ether oxygens (including phenoxy) is 1. The molecule has 2 aromatic rings. The third kappa shape index (κ3) is 4.45. The molecule has 1 saturated heterocycles. The van der Waals surface area contributed by atoms with Crippen LogP contribution in [0.1, 0.15) is 29.9 Å². The molecule has 1 fully saturated rings. The molecule has 9 nitrogen and oxygen atoms in total. The first-order valence-corrected chi connectivity index (χ1v) is 11.6. The van der Waals surface area contributed by atoms with Crippen molar-refractivity contribution in [3.8, 4) is 5.75 Å². The van der Waals surface area contributed by atoms with E-state index in [1.807, 2.05) is 13.0 Å². The van der Waals surface area contributed by atoms with E-state index in [1.165, 1.54) is 10.4 Å². The Labute approximate surface area is 180 Å². The molecule has 0 spiro atoms. The van der Waals surface area contributed by atoms with Crippen LogP contribution in [0.15, 0.2) is 33.6 Å². The number of benzene rings is 1. The van der Waals surface area contributed by atoms with Crippen LogP contribution in [0.3, 0.4) is 0 Å². The van der Waals surface area contributed by atoms with Crippen molar-refractivity contribution >= 4 is 27.5 Å². The molecule has 1 aromatic carbocycles. The van der Waals surface area contributed by atoms with Crippen LogP contribution in [0.4, 0.5) is 5.69 Å². The Morgan fingerprint density at radius 2 is 2.10 bits per heavy atom. The number of hydrogen-bond donors (Lipinski definition) is 2. The smallest absolute Gasteiger partial charge is 0.262 e. The van der Waals surface area contributed by atoms with Gasteiger partial charge in [-0.2, -0.15) is 4.31 Å². The average Bonchev–Trinajstić information content (AvgIpc) is 3.16. The molecular weight excluding hydrogens is 422 g/mol. The van der Waals surface area contributed by atoms with Gasteiger partial charge in [-0.3, -0.25) is 9.59 Å². The predicted molar refractivity (Wildman–Crippen MR) is 112 cm³/mol. The minimum Gasteiger partial charge on any atom is -0.482 e. The zero-order valence-corrected chi connectivity index (χ0v) is 18.3. The van der Waals surface area contributed by atoms with E-state index in [1.54, 1.807) is 19.1 Å². The Kier molecular flexibility index (Phi) is 5.76. The number of nitrogens with zero attached hydrogens (tertiary/aromatic N) is 1. The summed E-state index contributed by atoms with van der Waals surface area (Å²) < 4.78 is 38.9. The van der Waals surface area contributed by atoms with Gasteiger partial charge in [0.25, 0.3) is 5.91 Å². The predicted octanol–water partition coefficient (Wildman–Crippen LogP) is 1.94. The van der Waals surface area contributed by atoms with E-state index >= 15 is 0 Å². The Morgan fingerprint density at radius 3 is 2.84 bits per heavy atom. The number of aryl methyl sites for hydroxylation is 2. The fourth-order valence-corrected chi connectivity index (χ4v) is 5.65. The SMILES string of the molecule is Cc1ccc(CNC(=O)[C@@H]2CCCN(S(=O)(=O)c3cc4c(cc3C)NC(=O)CO4)C2)o1. The highest BCUT2D eigenvalue weighted by Gasteiger charge is 2.35. The summed E-state index contributed by atoms with van der Waals surface area (Å²) in [6.45, 7) is 4.07. The van der Waals surface area contributed by atoms with Crippen molar-refractivity contribution in [1.29, 1.82) is 0 Å². The normalized spacial score (nSPS) is 19.3. The largest absolute Gasteiger partial charge is 0.482 e. The van der Waals surface area contributed by atoms with Crippen LogP contribution in [0.25, 0.3) is 0 Å². The number of rotatable bonds is 5. The van der Waals surface area contributed by atoms with Gasteiger partial charge >= 0.3 is 0 Å². The fourth-order valence-electron chi connectivity index (χ4n) is 3.91. The van der Waals surface area contributed by atoms with Crippen LogP contribution in [0, 0.1) is 19.8 Å². The van der Waals surface area contributed by atoms with Crippen LogP contribution < -0.4 is 15.4 Å². The molecule has 0 radical (unpaired) electrons. The summed E-state index contributed by atoms with van der Waals surface area (Å²) in [5, 5.41) is 5.51. The van der Waals surface area contributed by atoms with E-state index in [9.17, 15) is 18.0 Å². The lowest BCUT2D eigenvalue weighted by molar-refractivity contribution is -0.126. The van der Waals surface area contributed by atoms with Crippen LogP contribution in [-0.4, -0.2) is 44.2 Å². The summed E-state index contributed by atoms with van der Waals surface area (Å²) in [7, 11) is -3.83. The minimum atomic E-state index is -3.83. The molecular formula is C21H25N3O6S. The first kappa shape index (κ1) is 21.4. The van der Waals surface area contributed by atoms with Gasteiger partial charge in [0.05, 0.1) is 23.0 Å². The molecule has 2 aliphatic rings. The Balaban J connectivity index is 1.48. The van der Waals surface area contributed by atoms with E-state index in [-0.39, 0.29) is 36.4 Å². The molecule has 2 N–H and O–H groups in total. The van der Waals surface area contributed by atoms with E-state index in [2.05, 4.69) is 10.6 Å². The van der Waals surface area contributed by atoms with Gasteiger partial charge in [0, 0.05) is 19.2 Å². The molecule has 1 atom stereocenters. The van der Waals surface area contributed by atoms with Gasteiger partial charge in [0.15, 0.2) is 6.61 Å². The highest BCUT2D eigenvalue weighted by Crippen LogP contribution is 2.35. The second kappa shape index (κ2) is 8.35. The Bertz CT molecular complexity index is 1120. The van der Waals surface area contributed by atoms with Crippen molar-refractivity contribution in [2.75, 3.05) is 25.0 Å². The van der Waals surface area contributed by atoms with Crippen molar-refractivity contribution in [2.45, 2.75) is 38.1 Å². The lowest BCUT2D eigenvalue weighted by atomic mass is 9.99. The quantitative estimate of drug-likeness (QED) is 0.723. The fraction of sp³-hybridized carbons (Fsp3) is 0.429. The van der Waals surface area contributed by atoms with Gasteiger partial charge in [-0.25, -0.2) is 8.42 Å². The summed E-state index contributed by atoms with van der Waals surface area (Å²) in [5.74, 6) is 0.835. The Hall–Kier alpha value is -2.85. The number of carbonyl (C=O) groups excluding carboxylic acids is 2. The molecule has 166 valence electrons. The van der Waals surface area contributed by atoms with Gasteiger partial charge in [0.2, 0.25) is 15.9 Å². The van der Waals surface area contributed by atoms with E-state index in [0.29, 0.717) is 42.1 Å². The first-order chi connectivity index (χ1) is 14.7. The third-order valence-electron chi connectivity index (χ3n) is 5.52. The number of sulfonamides is 1. The maximum atomic E-state index is 13.3. The second-order valence-corrected chi connectivity index (χ2v) is 9.79. The lowest BCUT2D eigenvalue weighted by Crippen LogP contribution is -2.45. The van der Waals surface area contributed by atoms with Gasteiger partial charge in [-0.1, -0.05) is 0 Å². The summed E-state index contributed by atoms with van der Waals surface area (Å²) in [4.78, 5) is 24.3. The molecule has 0 bridgehead atoms. The van der Waals surface area contributed by atoms with Crippen molar-refractivity contribution in [1.82, 2.24) is 9.62 Å². The summed E-state index contributed by atoms with van der Waals surface area (Å²) in [5.41, 5.74) is 0.959. The number of hydrogen-bond acceptors (Lipinski definition) is 6. The number of nitrogens with one attached hydrogen (secondary N) is 2. The lowest BCUT2D eigenvalue weighted by Gasteiger charge is -2.32. The second-order valence-electron chi connectivity index (χ2n) is 7.88. The molecule has 4 rings (SSSR count). The van der Waals surface area contributed by atoms with E-state index in [0.717, 1.165) is 5.76 Å². The zero-order valence-electron chi connectivity index (χ0n) is 17.4. The molecule has 2 aliphatic heterocycles. The first-order valence-electron chi connectivity index (χ1n) is 10.1. The van der Waals surface area contributed by atoms with Crippen LogP contribution in [-0.2, 0) is 26.2 Å². The van der Waals surface area contributed by atoms with E-state index < -0.39 is 15.9 Å². The number of anilines is 1. The number of carbonyl (C=O) groups is 2. The van der Waals surface area contributed by atoms with Gasteiger partial charge in [0.1, 0.15) is 17.3 Å². The van der Waals surface area contributed by atoms with Crippen molar-refractivity contribution in [3.63, 3.8) is 0 Å². The highest BCUT2D eigenvalue weighted by atomic mass is 32.2. The molecule has 10 heteroatoms.